The van der Waals surface area contributed by atoms with Gasteiger partial charge in [0.25, 0.3) is 5.91 Å². The van der Waals surface area contributed by atoms with E-state index in [-0.39, 0.29) is 30.3 Å². The molecule has 3 N–H and O–H groups in total. The van der Waals surface area contributed by atoms with Gasteiger partial charge in [-0.15, -0.1) is 0 Å². The number of urea groups is 1. The Hall–Kier alpha value is -2.89. The lowest BCUT2D eigenvalue weighted by atomic mass is 10.1. The molecule has 25 heavy (non-hydrogen) atoms. The molecule has 0 aliphatic heterocycles. The van der Waals surface area contributed by atoms with Crippen LogP contribution in [0.25, 0.3) is 0 Å². The minimum atomic E-state index is -0.387. The molecule has 3 amide bonds. The maximum atomic E-state index is 13.2. The zero-order chi connectivity index (χ0) is 17.8. The van der Waals surface area contributed by atoms with E-state index in [9.17, 15) is 14.0 Å². The van der Waals surface area contributed by atoms with E-state index in [0.717, 1.165) is 18.4 Å². The van der Waals surface area contributed by atoms with Gasteiger partial charge in [-0.2, -0.15) is 0 Å². The molecule has 0 bridgehead atoms. The SMILES string of the molecule is Cc1cc(CNC(=O)Nc2cccc(C(=O)NC3CC3)c2)ccc1F. The number of carbonyl (C=O) groups is 2. The van der Waals surface area contributed by atoms with E-state index < -0.39 is 0 Å². The van der Waals surface area contributed by atoms with E-state index in [1.54, 1.807) is 43.3 Å². The molecule has 6 heteroatoms. The second kappa shape index (κ2) is 7.34. The predicted octanol–water partition coefficient (Wildman–Crippen LogP) is 3.35. The molecule has 1 fully saturated rings. The summed E-state index contributed by atoms with van der Waals surface area (Å²) in [7, 11) is 0. The second-order valence-electron chi connectivity index (χ2n) is 6.22. The summed E-state index contributed by atoms with van der Waals surface area (Å²) in [6.07, 6.45) is 2.05. The number of anilines is 1. The molecule has 0 atom stereocenters. The fourth-order valence-electron chi connectivity index (χ4n) is 2.41. The monoisotopic (exact) mass is 341 g/mol. The van der Waals surface area contributed by atoms with Crippen molar-refractivity contribution in [3.8, 4) is 0 Å². The molecule has 2 aromatic carbocycles. The lowest BCUT2D eigenvalue weighted by Crippen LogP contribution is -2.28. The zero-order valence-electron chi connectivity index (χ0n) is 13.9. The molecular formula is C19H20FN3O2. The molecule has 3 rings (SSSR count). The number of amides is 3. The third-order valence-electron chi connectivity index (χ3n) is 3.97. The number of halogens is 1. The van der Waals surface area contributed by atoms with E-state index >= 15 is 0 Å². The number of hydrogen-bond donors (Lipinski definition) is 3. The van der Waals surface area contributed by atoms with Crippen molar-refractivity contribution in [2.45, 2.75) is 32.4 Å². The number of hydrogen-bond acceptors (Lipinski definition) is 2. The Morgan fingerprint density at radius 3 is 2.68 bits per heavy atom. The van der Waals surface area contributed by atoms with Crippen LogP contribution < -0.4 is 16.0 Å². The van der Waals surface area contributed by atoms with E-state index in [1.165, 1.54) is 6.07 Å². The average Bonchev–Trinajstić information content (AvgIpc) is 3.40. The summed E-state index contributed by atoms with van der Waals surface area (Å²) in [6, 6.07) is 11.4. The Bertz CT molecular complexity index is 803. The summed E-state index contributed by atoms with van der Waals surface area (Å²) in [5.41, 5.74) is 2.40. The maximum absolute atomic E-state index is 13.2. The van der Waals surface area contributed by atoms with Crippen molar-refractivity contribution >= 4 is 17.6 Å². The Labute approximate surface area is 145 Å². The molecule has 0 radical (unpaired) electrons. The van der Waals surface area contributed by atoms with E-state index in [0.29, 0.717) is 16.8 Å². The maximum Gasteiger partial charge on any atom is 0.319 e. The van der Waals surface area contributed by atoms with Gasteiger partial charge in [0.05, 0.1) is 0 Å². The minimum absolute atomic E-state index is 0.131. The van der Waals surface area contributed by atoms with Gasteiger partial charge >= 0.3 is 6.03 Å². The van der Waals surface area contributed by atoms with Crippen LogP contribution >= 0.6 is 0 Å². The number of aryl methyl sites for hydroxylation is 1. The second-order valence-corrected chi connectivity index (χ2v) is 6.22. The fraction of sp³-hybridized carbons (Fsp3) is 0.263. The van der Waals surface area contributed by atoms with Gasteiger partial charge < -0.3 is 16.0 Å². The van der Waals surface area contributed by atoms with Crippen LogP contribution in [0.1, 0.15) is 34.3 Å². The van der Waals surface area contributed by atoms with E-state index in [1.807, 2.05) is 0 Å². The zero-order valence-corrected chi connectivity index (χ0v) is 13.9. The normalized spacial score (nSPS) is 13.2. The molecule has 0 unspecified atom stereocenters. The number of nitrogens with one attached hydrogen (secondary N) is 3. The van der Waals surface area contributed by atoms with Gasteiger partial charge in [0.2, 0.25) is 0 Å². The summed E-state index contributed by atoms with van der Waals surface area (Å²) in [4.78, 5) is 24.0. The summed E-state index contributed by atoms with van der Waals surface area (Å²) in [6.45, 7) is 1.96. The topological polar surface area (TPSA) is 70.2 Å². The molecule has 1 saturated carbocycles. The van der Waals surface area contributed by atoms with Crippen molar-refractivity contribution in [1.82, 2.24) is 10.6 Å². The van der Waals surface area contributed by atoms with Gasteiger partial charge in [-0.1, -0.05) is 18.2 Å². The standard InChI is InChI=1S/C19H20FN3O2/c1-12-9-13(5-8-17(12)20)11-21-19(25)23-16-4-2-3-14(10-16)18(24)22-15-6-7-15/h2-5,8-10,15H,6-7,11H2,1H3,(H,22,24)(H2,21,23,25). The number of benzene rings is 2. The van der Waals surface area contributed by atoms with Crippen molar-refractivity contribution in [2.24, 2.45) is 0 Å². The van der Waals surface area contributed by atoms with Gasteiger partial charge in [0, 0.05) is 23.8 Å². The lowest BCUT2D eigenvalue weighted by molar-refractivity contribution is 0.0951. The Morgan fingerprint density at radius 1 is 1.16 bits per heavy atom. The van der Waals surface area contributed by atoms with Crippen LogP contribution in [-0.2, 0) is 6.54 Å². The van der Waals surface area contributed by atoms with Crippen molar-refractivity contribution in [2.75, 3.05) is 5.32 Å². The van der Waals surface area contributed by atoms with Crippen LogP contribution in [0.15, 0.2) is 42.5 Å². The average molecular weight is 341 g/mol. The molecule has 130 valence electrons. The molecule has 0 saturated heterocycles. The van der Waals surface area contributed by atoms with E-state index in [2.05, 4.69) is 16.0 Å². The van der Waals surface area contributed by atoms with Crippen LogP contribution in [0.4, 0.5) is 14.9 Å². The molecule has 1 aliphatic carbocycles. The molecule has 1 aliphatic rings. The third-order valence-corrected chi connectivity index (χ3v) is 3.97. The van der Waals surface area contributed by atoms with Crippen molar-refractivity contribution in [3.05, 3.63) is 65.0 Å². The lowest BCUT2D eigenvalue weighted by Gasteiger charge is -2.10. The highest BCUT2D eigenvalue weighted by Gasteiger charge is 2.23. The first-order chi connectivity index (χ1) is 12.0. The summed E-state index contributed by atoms with van der Waals surface area (Å²) < 4.78 is 13.2. The first-order valence-electron chi connectivity index (χ1n) is 8.22. The van der Waals surface area contributed by atoms with Crippen molar-refractivity contribution in [3.63, 3.8) is 0 Å². The highest BCUT2D eigenvalue weighted by Crippen LogP contribution is 2.20. The highest BCUT2D eigenvalue weighted by atomic mass is 19.1. The molecular weight excluding hydrogens is 321 g/mol. The van der Waals surface area contributed by atoms with Gasteiger partial charge in [-0.05, 0) is 55.2 Å². The van der Waals surface area contributed by atoms with Crippen LogP contribution in [-0.4, -0.2) is 18.0 Å². The summed E-state index contributed by atoms with van der Waals surface area (Å²) >= 11 is 0. The molecule has 0 aromatic heterocycles. The smallest absolute Gasteiger partial charge is 0.319 e. The number of rotatable bonds is 5. The highest BCUT2D eigenvalue weighted by molar-refractivity contribution is 5.97. The fourth-order valence-corrected chi connectivity index (χ4v) is 2.41. The van der Waals surface area contributed by atoms with Crippen LogP contribution in [0, 0.1) is 12.7 Å². The van der Waals surface area contributed by atoms with Gasteiger partial charge in [-0.3, -0.25) is 4.79 Å². The number of carbonyl (C=O) groups excluding carboxylic acids is 2. The van der Waals surface area contributed by atoms with Crippen molar-refractivity contribution < 1.29 is 14.0 Å². The van der Waals surface area contributed by atoms with Gasteiger partial charge in [0.1, 0.15) is 5.82 Å². The Morgan fingerprint density at radius 2 is 1.96 bits per heavy atom. The Kier molecular flexibility index (Phi) is 4.97. The first kappa shape index (κ1) is 17.0. The predicted molar refractivity (Wildman–Crippen MR) is 93.9 cm³/mol. The molecule has 0 heterocycles. The largest absolute Gasteiger partial charge is 0.349 e. The van der Waals surface area contributed by atoms with Crippen LogP contribution in [0.2, 0.25) is 0 Å². The first-order valence-corrected chi connectivity index (χ1v) is 8.22. The molecule has 2 aromatic rings. The van der Waals surface area contributed by atoms with Crippen LogP contribution in [0.3, 0.4) is 0 Å². The van der Waals surface area contributed by atoms with Gasteiger partial charge in [-0.25, -0.2) is 9.18 Å². The van der Waals surface area contributed by atoms with Gasteiger partial charge in [0.15, 0.2) is 0 Å². The van der Waals surface area contributed by atoms with Crippen molar-refractivity contribution in [1.29, 1.82) is 0 Å². The summed E-state index contributed by atoms with van der Waals surface area (Å²) in [5.74, 6) is -0.400. The van der Waals surface area contributed by atoms with E-state index in [4.69, 9.17) is 0 Å². The molecule has 5 nitrogen and oxygen atoms in total. The third kappa shape index (κ3) is 4.79. The van der Waals surface area contributed by atoms with Crippen LogP contribution in [0.5, 0.6) is 0 Å². The molecule has 0 spiro atoms. The Balaban J connectivity index is 1.55. The minimum Gasteiger partial charge on any atom is -0.349 e. The quantitative estimate of drug-likeness (QED) is 0.780. The summed E-state index contributed by atoms with van der Waals surface area (Å²) in [5, 5.41) is 8.32.